The summed E-state index contributed by atoms with van der Waals surface area (Å²) < 4.78 is 0. The smallest absolute Gasteiger partial charge is 0.0496 e. The molecule has 0 saturated carbocycles. The minimum absolute atomic E-state index is 0.922. The Labute approximate surface area is 356 Å². The van der Waals surface area contributed by atoms with Crippen LogP contribution in [0, 0.1) is 6.92 Å². The Kier molecular flexibility index (Phi) is 15.3. The Bertz CT molecular complexity index is 2510. The number of allylic oxidation sites excluding steroid dienone is 8. The molecule has 0 atom stereocenters. The van der Waals surface area contributed by atoms with E-state index in [9.17, 15) is 0 Å². The van der Waals surface area contributed by atoms with Crippen LogP contribution in [0.1, 0.15) is 18.1 Å². The summed E-state index contributed by atoms with van der Waals surface area (Å²) in [5, 5.41) is 0. The van der Waals surface area contributed by atoms with Crippen molar-refractivity contribution in [1.29, 1.82) is 0 Å². The van der Waals surface area contributed by atoms with E-state index in [1.54, 1.807) is 12.2 Å². The van der Waals surface area contributed by atoms with E-state index in [2.05, 4.69) is 238 Å². The molecule has 0 fully saturated rings. The summed E-state index contributed by atoms with van der Waals surface area (Å²) in [6.45, 7) is 15.7. The first-order chi connectivity index (χ1) is 28.9. The van der Waals surface area contributed by atoms with Gasteiger partial charge in [-0.3, -0.25) is 0 Å². The third-order valence-corrected chi connectivity index (χ3v) is 10.9. The zero-order valence-electron chi connectivity index (χ0n) is 34.0. The van der Waals surface area contributed by atoms with Crippen molar-refractivity contribution in [2.45, 2.75) is 18.7 Å². The van der Waals surface area contributed by atoms with Gasteiger partial charge in [-0.25, -0.2) is 0 Å². The van der Waals surface area contributed by atoms with Crippen LogP contribution in [0.3, 0.4) is 0 Å². The standard InChI is InChI=1S/C50H41NS.C7H10/c1-38(16-7-6-14-37-52-48-21-12-5-13-22-48)49-23-15-24-50(39(49)2)51(46-33-29-44(30-34-46)41-19-10-4-11-20-41)47-35-31-45(32-36-47)43-27-25-42(26-28-43)40-17-8-3-9-18-40;1-4-6-7(3)5-2/h3-36H,1,37H2,2H3;4-6H,1-2H2,3H3/b14-6-,16-7-;7-6-. The Morgan fingerprint density at radius 1 is 0.542 bits per heavy atom. The molecule has 2 heteroatoms. The van der Waals surface area contributed by atoms with Crippen molar-refractivity contribution in [2.75, 3.05) is 10.7 Å². The van der Waals surface area contributed by atoms with Crippen LogP contribution in [0.25, 0.3) is 39.0 Å². The fourth-order valence-corrected chi connectivity index (χ4v) is 7.42. The van der Waals surface area contributed by atoms with Gasteiger partial charge >= 0.3 is 0 Å². The summed E-state index contributed by atoms with van der Waals surface area (Å²) in [7, 11) is 0. The molecule has 59 heavy (non-hydrogen) atoms. The van der Waals surface area contributed by atoms with Crippen LogP contribution in [0.15, 0.2) is 255 Å². The summed E-state index contributed by atoms with van der Waals surface area (Å²) in [5.74, 6) is 0.922. The lowest BCUT2D eigenvalue weighted by molar-refractivity contribution is 1.24. The lowest BCUT2D eigenvalue weighted by Gasteiger charge is -2.28. The van der Waals surface area contributed by atoms with Gasteiger partial charge in [-0.1, -0.05) is 207 Å². The predicted octanol–water partition coefficient (Wildman–Crippen LogP) is 16.7. The van der Waals surface area contributed by atoms with E-state index < -0.39 is 0 Å². The number of anilines is 3. The fourth-order valence-electron chi connectivity index (χ4n) is 6.67. The molecule has 0 bridgehead atoms. The molecule has 0 aliphatic carbocycles. The summed E-state index contributed by atoms with van der Waals surface area (Å²) in [4.78, 5) is 3.63. The Morgan fingerprint density at radius 2 is 1.00 bits per heavy atom. The van der Waals surface area contributed by atoms with E-state index in [1.165, 1.54) is 43.8 Å². The van der Waals surface area contributed by atoms with Crippen LogP contribution in [-0.4, -0.2) is 5.75 Å². The van der Waals surface area contributed by atoms with Gasteiger partial charge in [0.2, 0.25) is 0 Å². The van der Waals surface area contributed by atoms with Crippen LogP contribution in [-0.2, 0) is 0 Å². The van der Waals surface area contributed by atoms with Gasteiger partial charge in [0, 0.05) is 27.7 Å². The van der Waals surface area contributed by atoms with Crippen LogP contribution < -0.4 is 4.90 Å². The molecule has 0 aromatic heterocycles. The topological polar surface area (TPSA) is 3.24 Å². The third kappa shape index (κ3) is 11.6. The van der Waals surface area contributed by atoms with Gasteiger partial charge in [0.25, 0.3) is 0 Å². The number of rotatable bonds is 14. The molecule has 0 aliphatic heterocycles. The van der Waals surface area contributed by atoms with E-state index in [4.69, 9.17) is 0 Å². The molecular weight excluding hydrogens is 731 g/mol. The fraction of sp³-hybridized carbons (Fsp3) is 0.0526. The second-order valence-electron chi connectivity index (χ2n) is 14.0. The lowest BCUT2D eigenvalue weighted by atomic mass is 9.97. The Morgan fingerprint density at radius 3 is 1.46 bits per heavy atom. The maximum Gasteiger partial charge on any atom is 0.0496 e. The molecular formula is C57H51NS. The Balaban J connectivity index is 0.000000768. The zero-order valence-corrected chi connectivity index (χ0v) is 34.9. The monoisotopic (exact) mass is 781 g/mol. The van der Waals surface area contributed by atoms with Crippen molar-refractivity contribution in [3.05, 3.63) is 261 Å². The van der Waals surface area contributed by atoms with E-state index in [0.717, 1.165) is 39.5 Å². The van der Waals surface area contributed by atoms with Crippen molar-refractivity contribution >= 4 is 34.4 Å². The van der Waals surface area contributed by atoms with Crippen molar-refractivity contribution in [3.8, 4) is 33.4 Å². The van der Waals surface area contributed by atoms with Crippen molar-refractivity contribution in [2.24, 2.45) is 0 Å². The number of nitrogens with zero attached hydrogens (tertiary/aromatic N) is 1. The SMILES string of the molecule is C=C(/C=C\C=C/CSc1ccccc1)c1cccc(N(c2ccc(-c3ccccc3)cc2)c2ccc(-c3ccc(-c4ccccc4)cc3)cc2)c1C.C=C/C=C(/C)C=C. The molecule has 0 radical (unpaired) electrons. The number of hydrogen-bond acceptors (Lipinski definition) is 2. The van der Waals surface area contributed by atoms with E-state index in [0.29, 0.717) is 0 Å². The first-order valence-corrected chi connectivity index (χ1v) is 20.9. The summed E-state index contributed by atoms with van der Waals surface area (Å²) in [6.07, 6.45) is 13.9. The highest BCUT2D eigenvalue weighted by atomic mass is 32.2. The minimum Gasteiger partial charge on any atom is -0.310 e. The number of thioether (sulfide) groups is 1. The third-order valence-electron chi connectivity index (χ3n) is 9.91. The molecule has 1 nitrogen and oxygen atoms in total. The van der Waals surface area contributed by atoms with E-state index in [-0.39, 0.29) is 0 Å². The molecule has 0 aliphatic rings. The Hall–Kier alpha value is -6.87. The molecule has 0 heterocycles. The molecule has 0 N–H and O–H groups in total. The predicted molar refractivity (Wildman–Crippen MR) is 261 cm³/mol. The van der Waals surface area contributed by atoms with Gasteiger partial charge in [0.15, 0.2) is 0 Å². The van der Waals surface area contributed by atoms with Gasteiger partial charge in [-0.15, -0.1) is 11.8 Å². The highest BCUT2D eigenvalue weighted by Crippen LogP contribution is 2.40. The highest BCUT2D eigenvalue weighted by molar-refractivity contribution is 7.99. The van der Waals surface area contributed by atoms with Gasteiger partial charge < -0.3 is 4.90 Å². The molecule has 7 aromatic rings. The molecule has 7 rings (SSSR count). The van der Waals surface area contributed by atoms with Gasteiger partial charge in [0.05, 0.1) is 0 Å². The van der Waals surface area contributed by atoms with Gasteiger partial charge in [-0.05, 0) is 106 Å². The average Bonchev–Trinajstić information content (AvgIpc) is 3.30. The van der Waals surface area contributed by atoms with Crippen molar-refractivity contribution < 1.29 is 0 Å². The lowest BCUT2D eigenvalue weighted by Crippen LogP contribution is -2.12. The molecule has 0 saturated heterocycles. The van der Waals surface area contributed by atoms with Crippen LogP contribution in [0.4, 0.5) is 17.1 Å². The second kappa shape index (κ2) is 21.6. The van der Waals surface area contributed by atoms with E-state index in [1.807, 2.05) is 24.8 Å². The van der Waals surface area contributed by atoms with Gasteiger partial charge in [-0.2, -0.15) is 0 Å². The molecule has 0 spiro atoms. The number of benzene rings is 7. The maximum atomic E-state index is 4.47. The quantitative estimate of drug-likeness (QED) is 0.0799. The van der Waals surface area contributed by atoms with Crippen LogP contribution >= 0.6 is 11.8 Å². The molecule has 0 amide bonds. The molecule has 7 aromatic carbocycles. The maximum absolute atomic E-state index is 4.47. The largest absolute Gasteiger partial charge is 0.310 e. The second-order valence-corrected chi connectivity index (χ2v) is 15.1. The first-order valence-electron chi connectivity index (χ1n) is 19.9. The first kappa shape index (κ1) is 41.8. The molecule has 0 unspecified atom stereocenters. The zero-order chi connectivity index (χ0) is 41.2. The summed E-state index contributed by atoms with van der Waals surface area (Å²) in [6, 6.07) is 64.7. The minimum atomic E-state index is 0.922. The van der Waals surface area contributed by atoms with Crippen molar-refractivity contribution in [1.82, 2.24) is 0 Å². The van der Waals surface area contributed by atoms with Crippen LogP contribution in [0.5, 0.6) is 0 Å². The van der Waals surface area contributed by atoms with E-state index >= 15 is 0 Å². The highest BCUT2D eigenvalue weighted by Gasteiger charge is 2.17. The average molecular weight is 782 g/mol. The summed E-state index contributed by atoms with van der Waals surface area (Å²) in [5.41, 5.74) is 15.0. The molecule has 290 valence electrons. The summed E-state index contributed by atoms with van der Waals surface area (Å²) >= 11 is 1.83. The normalized spacial score (nSPS) is 11.2. The van der Waals surface area contributed by atoms with Crippen molar-refractivity contribution in [3.63, 3.8) is 0 Å². The van der Waals surface area contributed by atoms with Gasteiger partial charge in [0.1, 0.15) is 0 Å². The van der Waals surface area contributed by atoms with Crippen LogP contribution in [0.2, 0.25) is 0 Å². The number of hydrogen-bond donors (Lipinski definition) is 0.